The first-order chi connectivity index (χ1) is 15.2. The van der Waals surface area contributed by atoms with Crippen LogP contribution in [0.25, 0.3) is 0 Å². The molecule has 13 nitrogen and oxygen atoms in total. The molecule has 2 atom stereocenters. The minimum atomic E-state index is -1.43. The average molecular weight is 456 g/mol. The van der Waals surface area contributed by atoms with E-state index in [4.69, 9.17) is 24.3 Å². The van der Waals surface area contributed by atoms with E-state index in [1.54, 1.807) is 12.1 Å². The first kappa shape index (κ1) is 25.0. The van der Waals surface area contributed by atoms with Crippen molar-refractivity contribution in [1.29, 1.82) is 0 Å². The molecule has 13 heteroatoms. The summed E-state index contributed by atoms with van der Waals surface area (Å²) < 4.78 is 19.4. The predicted octanol–water partition coefficient (Wildman–Crippen LogP) is 1.07. The molecule has 2 unspecified atom stereocenters. The molecule has 0 bridgehead atoms. The summed E-state index contributed by atoms with van der Waals surface area (Å²) in [4.78, 5) is 39.8. The van der Waals surface area contributed by atoms with Crippen LogP contribution >= 0.6 is 0 Å². The van der Waals surface area contributed by atoms with Crippen molar-refractivity contribution in [2.24, 2.45) is 0 Å². The summed E-state index contributed by atoms with van der Waals surface area (Å²) in [6.45, 7) is 2.40. The molecule has 32 heavy (non-hydrogen) atoms. The van der Waals surface area contributed by atoms with Gasteiger partial charge in [-0.05, 0) is 44.4 Å². The molecular weight excluding hydrogens is 432 g/mol. The molecule has 0 saturated heterocycles. The Bertz CT molecular complexity index is 933. The molecule has 0 fully saturated rings. The van der Waals surface area contributed by atoms with Crippen LogP contribution in [-0.2, 0) is 27.4 Å². The van der Waals surface area contributed by atoms with E-state index in [0.29, 0.717) is 12.8 Å². The summed E-state index contributed by atoms with van der Waals surface area (Å²) >= 11 is 0. The van der Waals surface area contributed by atoms with E-state index in [1.807, 2.05) is 0 Å². The molecule has 176 valence electrons. The Kier molecular flexibility index (Phi) is 9.37. The molecule has 1 aromatic heterocycles. The number of carbonyl (C=O) groups is 2. The number of rotatable bonds is 11. The number of hydrogen-bond donors (Lipinski definition) is 4. The van der Waals surface area contributed by atoms with Crippen molar-refractivity contribution >= 4 is 12.1 Å². The third-order valence-corrected chi connectivity index (χ3v) is 4.14. The van der Waals surface area contributed by atoms with Crippen LogP contribution in [0.3, 0.4) is 0 Å². The summed E-state index contributed by atoms with van der Waals surface area (Å²) in [7, 11) is 0. The van der Waals surface area contributed by atoms with Gasteiger partial charge in [-0.1, -0.05) is 12.1 Å². The van der Waals surface area contributed by atoms with E-state index in [1.165, 1.54) is 26.0 Å². The van der Waals surface area contributed by atoms with E-state index in [9.17, 15) is 19.5 Å². The third kappa shape index (κ3) is 8.13. The van der Waals surface area contributed by atoms with Crippen LogP contribution in [-0.4, -0.2) is 51.7 Å². The minimum Gasteiger partial charge on any atom is -0.456 e. The van der Waals surface area contributed by atoms with Gasteiger partial charge in [0.05, 0.1) is 18.1 Å². The Hall–Kier alpha value is -3.23. The number of aliphatic hydroxyl groups is 1. The van der Waals surface area contributed by atoms with Gasteiger partial charge in [-0.2, -0.15) is 0 Å². The topological polar surface area (TPSA) is 181 Å². The van der Waals surface area contributed by atoms with Crippen molar-refractivity contribution in [3.05, 3.63) is 52.0 Å². The first-order valence-corrected chi connectivity index (χ1v) is 9.48. The van der Waals surface area contributed by atoms with Crippen molar-refractivity contribution in [3.63, 3.8) is 0 Å². The number of nitrogens with one attached hydrogen (secondary N) is 1. The third-order valence-electron chi connectivity index (χ3n) is 4.14. The SMILES string of the molecule is Cc1oc(=O)oc1COC(=O)C(NC(=O)Oc1ccc(CCCON(O)O)cc1)C(C)O. The molecule has 0 aliphatic carbocycles. The van der Waals surface area contributed by atoms with Crippen molar-refractivity contribution in [1.82, 2.24) is 10.7 Å². The highest BCUT2D eigenvalue weighted by atomic mass is 17.1. The second-order valence-corrected chi connectivity index (χ2v) is 6.63. The molecule has 0 saturated carbocycles. The molecule has 0 aliphatic rings. The van der Waals surface area contributed by atoms with Crippen LogP contribution in [0.4, 0.5) is 4.79 Å². The molecule has 1 heterocycles. The van der Waals surface area contributed by atoms with Crippen molar-refractivity contribution in [2.75, 3.05) is 6.61 Å². The lowest BCUT2D eigenvalue weighted by Gasteiger charge is -2.19. The molecule has 2 rings (SSSR count). The van der Waals surface area contributed by atoms with Crippen LogP contribution in [0.1, 0.15) is 30.4 Å². The summed E-state index contributed by atoms with van der Waals surface area (Å²) in [5, 5.41) is 28.6. The van der Waals surface area contributed by atoms with Crippen molar-refractivity contribution in [2.45, 2.75) is 45.4 Å². The van der Waals surface area contributed by atoms with Gasteiger partial charge in [-0.15, -0.1) is 0 Å². The van der Waals surface area contributed by atoms with Crippen LogP contribution in [0.15, 0.2) is 37.9 Å². The number of esters is 1. The minimum absolute atomic E-state index is 0.00645. The summed E-state index contributed by atoms with van der Waals surface area (Å²) in [6.07, 6.45) is -1.21. The highest BCUT2D eigenvalue weighted by molar-refractivity contribution is 5.82. The van der Waals surface area contributed by atoms with E-state index >= 15 is 0 Å². The zero-order valence-corrected chi connectivity index (χ0v) is 17.3. The highest BCUT2D eigenvalue weighted by Gasteiger charge is 2.28. The second-order valence-electron chi connectivity index (χ2n) is 6.63. The van der Waals surface area contributed by atoms with Crippen LogP contribution in [0, 0.1) is 6.92 Å². The lowest BCUT2D eigenvalue weighted by Crippen LogP contribution is -2.49. The van der Waals surface area contributed by atoms with Gasteiger partial charge in [-0.3, -0.25) is 15.3 Å². The number of nitrogens with zero attached hydrogens (tertiary/aromatic N) is 1. The molecule has 0 radical (unpaired) electrons. The highest BCUT2D eigenvalue weighted by Crippen LogP contribution is 2.14. The fourth-order valence-corrected chi connectivity index (χ4v) is 2.52. The molecule has 2 aromatic rings. The van der Waals surface area contributed by atoms with Crippen molar-refractivity contribution in [3.8, 4) is 5.75 Å². The second kappa shape index (κ2) is 12.0. The van der Waals surface area contributed by atoms with Gasteiger partial charge in [-0.25, -0.2) is 14.4 Å². The van der Waals surface area contributed by atoms with Gasteiger partial charge >= 0.3 is 17.9 Å². The summed E-state index contributed by atoms with van der Waals surface area (Å²) in [6, 6.07) is 5.01. The predicted molar refractivity (Wildman–Crippen MR) is 103 cm³/mol. The van der Waals surface area contributed by atoms with Gasteiger partial charge in [0, 0.05) is 0 Å². The van der Waals surface area contributed by atoms with E-state index in [2.05, 4.69) is 14.6 Å². The average Bonchev–Trinajstić information content (AvgIpc) is 3.05. The maximum Gasteiger partial charge on any atom is 0.519 e. The van der Waals surface area contributed by atoms with Gasteiger partial charge in [0.2, 0.25) is 0 Å². The number of aliphatic hydroxyl groups excluding tert-OH is 1. The van der Waals surface area contributed by atoms with E-state index in [-0.39, 0.29) is 29.3 Å². The normalized spacial score (nSPS) is 12.9. The Balaban J connectivity index is 1.84. The maximum atomic E-state index is 12.2. The van der Waals surface area contributed by atoms with Crippen molar-refractivity contribution < 1.29 is 48.3 Å². The Labute approximate surface area is 181 Å². The first-order valence-electron chi connectivity index (χ1n) is 9.48. The zero-order chi connectivity index (χ0) is 23.7. The number of amides is 1. The zero-order valence-electron chi connectivity index (χ0n) is 17.3. The molecular formula is C19H24N2O11. The van der Waals surface area contributed by atoms with Crippen LogP contribution < -0.4 is 15.9 Å². The Morgan fingerprint density at radius 1 is 1.19 bits per heavy atom. The molecule has 0 spiro atoms. The lowest BCUT2D eigenvalue weighted by atomic mass is 10.1. The van der Waals surface area contributed by atoms with Gasteiger partial charge in [0.25, 0.3) is 0 Å². The maximum absolute atomic E-state index is 12.2. The fraction of sp³-hybridized carbons (Fsp3) is 0.421. The van der Waals surface area contributed by atoms with E-state index < -0.39 is 36.6 Å². The summed E-state index contributed by atoms with van der Waals surface area (Å²) in [5.74, 6) is -1.57. The number of benzene rings is 1. The lowest BCUT2D eigenvalue weighted by molar-refractivity contribution is -0.492. The van der Waals surface area contributed by atoms with Gasteiger partial charge in [0.15, 0.2) is 24.2 Å². The number of aryl methyl sites for hydroxylation is 2. The number of carbonyl (C=O) groups excluding carboxylic acids is 2. The molecule has 0 aliphatic heterocycles. The summed E-state index contributed by atoms with van der Waals surface area (Å²) in [5.41, 5.74) is 0.885. The standard InChI is InChI=1S/C19H24N2O11/c1-11(22)16(17(23)28-10-15-12(2)30-19(25)32-15)20-18(24)31-14-7-5-13(6-8-14)4-3-9-29-21(26)27/h5-8,11,16,22,26-27H,3-4,9-10H2,1-2H3,(H,20,24). The largest absolute Gasteiger partial charge is 0.519 e. The molecule has 1 aromatic carbocycles. The van der Waals surface area contributed by atoms with E-state index in [0.717, 1.165) is 5.56 Å². The Morgan fingerprint density at radius 3 is 2.44 bits per heavy atom. The fourth-order valence-electron chi connectivity index (χ4n) is 2.52. The number of hydrogen-bond acceptors (Lipinski definition) is 12. The van der Waals surface area contributed by atoms with Gasteiger partial charge < -0.3 is 28.7 Å². The number of ether oxygens (including phenoxy) is 2. The van der Waals surface area contributed by atoms with Crippen LogP contribution in [0.2, 0.25) is 0 Å². The molecule has 1 amide bonds. The molecule has 4 N–H and O–H groups in total. The van der Waals surface area contributed by atoms with Gasteiger partial charge in [0.1, 0.15) is 5.75 Å². The monoisotopic (exact) mass is 456 g/mol. The van der Waals surface area contributed by atoms with Crippen LogP contribution in [0.5, 0.6) is 5.75 Å². The smallest absolute Gasteiger partial charge is 0.456 e. The Morgan fingerprint density at radius 2 is 1.88 bits per heavy atom. The quantitative estimate of drug-likeness (QED) is 0.215.